The molecule has 0 saturated carbocycles. The van der Waals surface area contributed by atoms with Crippen molar-refractivity contribution in [2.24, 2.45) is 5.92 Å². The molecule has 0 aliphatic heterocycles. The Balaban J connectivity index is 3.77. The van der Waals surface area contributed by atoms with E-state index in [1.165, 1.54) is 0 Å². The molecule has 0 aliphatic carbocycles. The average Bonchev–Trinajstić information content (AvgIpc) is 1.84. The van der Waals surface area contributed by atoms with Crippen LogP contribution in [0, 0.1) is 5.92 Å². The van der Waals surface area contributed by atoms with Crippen LogP contribution in [-0.4, -0.2) is 17.9 Å². The van der Waals surface area contributed by atoms with E-state index in [-0.39, 0.29) is 6.04 Å². The Morgan fingerprint density at radius 1 is 1.17 bits per heavy atom. The van der Waals surface area contributed by atoms with Crippen LogP contribution in [0.2, 0.25) is 0 Å². The highest BCUT2D eigenvalue weighted by molar-refractivity contribution is 5.83. The summed E-state index contributed by atoms with van der Waals surface area (Å²) in [7, 11) is 0. The summed E-state index contributed by atoms with van der Waals surface area (Å²) in [5.74, 6) is 0.785. The van der Waals surface area contributed by atoms with Crippen molar-refractivity contribution in [3.63, 3.8) is 0 Å². The third-order valence-corrected chi connectivity index (χ3v) is 1.68. The number of rotatable bonds is 5. The minimum atomic E-state index is 0.00685. The molecule has 0 aromatic carbocycles. The molecule has 1 unspecified atom stereocenters. The van der Waals surface area contributed by atoms with Gasteiger partial charge in [-0.2, -0.15) is 0 Å². The van der Waals surface area contributed by atoms with E-state index in [0.717, 1.165) is 0 Å². The molecular formula is C10H21NO. The lowest BCUT2D eigenvalue weighted by atomic mass is 10.0. The molecule has 0 aromatic rings. The summed E-state index contributed by atoms with van der Waals surface area (Å²) < 4.78 is 0. The van der Waals surface area contributed by atoms with Crippen LogP contribution >= 0.6 is 0 Å². The van der Waals surface area contributed by atoms with Gasteiger partial charge in [-0.25, -0.2) is 0 Å². The van der Waals surface area contributed by atoms with Gasteiger partial charge in [-0.3, -0.25) is 4.79 Å². The van der Waals surface area contributed by atoms with Crippen molar-refractivity contribution in [1.29, 1.82) is 0 Å². The molecule has 0 rings (SSSR count). The van der Waals surface area contributed by atoms with Crippen molar-refractivity contribution in [2.75, 3.05) is 0 Å². The lowest BCUT2D eigenvalue weighted by Crippen LogP contribution is -2.38. The summed E-state index contributed by atoms with van der Waals surface area (Å²) in [6, 6.07) is 0.392. The molecule has 0 amide bonds. The first-order chi connectivity index (χ1) is 5.43. The van der Waals surface area contributed by atoms with Crippen molar-refractivity contribution in [2.45, 2.75) is 53.1 Å². The van der Waals surface area contributed by atoms with Crippen LogP contribution in [0.5, 0.6) is 0 Å². The van der Waals surface area contributed by atoms with E-state index in [0.29, 0.717) is 24.2 Å². The molecule has 0 fully saturated rings. The van der Waals surface area contributed by atoms with Crippen LogP contribution in [0.1, 0.15) is 41.0 Å². The largest absolute Gasteiger partial charge is 0.305 e. The van der Waals surface area contributed by atoms with Crippen LogP contribution in [0.4, 0.5) is 0 Å². The molecule has 2 nitrogen and oxygen atoms in total. The normalized spacial score (nSPS) is 13.9. The first-order valence-electron chi connectivity index (χ1n) is 4.72. The fraction of sp³-hybridized carbons (Fsp3) is 0.900. The number of hydrogen-bond acceptors (Lipinski definition) is 2. The van der Waals surface area contributed by atoms with Gasteiger partial charge in [-0.15, -0.1) is 0 Å². The Kier molecular flexibility index (Phi) is 5.14. The van der Waals surface area contributed by atoms with Crippen molar-refractivity contribution in [3.8, 4) is 0 Å². The molecule has 2 heteroatoms. The first kappa shape index (κ1) is 11.6. The van der Waals surface area contributed by atoms with Crippen molar-refractivity contribution in [3.05, 3.63) is 0 Å². The van der Waals surface area contributed by atoms with Gasteiger partial charge in [0.05, 0.1) is 6.04 Å². The van der Waals surface area contributed by atoms with Gasteiger partial charge in [0.2, 0.25) is 0 Å². The third-order valence-electron chi connectivity index (χ3n) is 1.68. The molecule has 0 aromatic heterocycles. The number of ketones is 1. The summed E-state index contributed by atoms with van der Waals surface area (Å²) in [6.07, 6.45) is 0.681. The van der Waals surface area contributed by atoms with Crippen LogP contribution in [0.25, 0.3) is 0 Å². The Labute approximate surface area is 75.7 Å². The van der Waals surface area contributed by atoms with E-state index in [4.69, 9.17) is 0 Å². The summed E-state index contributed by atoms with van der Waals surface area (Å²) >= 11 is 0. The predicted octanol–water partition coefficient (Wildman–Crippen LogP) is 1.99. The minimum absolute atomic E-state index is 0.00685. The Morgan fingerprint density at radius 2 is 1.67 bits per heavy atom. The number of hydrogen-bond donors (Lipinski definition) is 1. The Morgan fingerprint density at radius 3 is 2.00 bits per heavy atom. The number of carbonyl (C=O) groups excluding carboxylic acids is 1. The van der Waals surface area contributed by atoms with Crippen LogP contribution in [-0.2, 0) is 4.79 Å². The Bertz CT molecular complexity index is 141. The van der Waals surface area contributed by atoms with Crippen LogP contribution < -0.4 is 5.32 Å². The van der Waals surface area contributed by atoms with Gasteiger partial charge in [-0.1, -0.05) is 27.7 Å². The standard InChI is InChI=1S/C10H21NO/c1-7(2)6-10(12)9(5)11-8(3)4/h7-9,11H,6H2,1-5H3. The number of Topliss-reactive ketones (excluding diaryl/α,β-unsaturated/α-hetero) is 1. The van der Waals surface area contributed by atoms with Gasteiger partial charge < -0.3 is 5.32 Å². The minimum Gasteiger partial charge on any atom is -0.305 e. The molecule has 72 valence electrons. The number of nitrogens with one attached hydrogen (secondary N) is 1. The summed E-state index contributed by atoms with van der Waals surface area (Å²) in [4.78, 5) is 11.4. The smallest absolute Gasteiger partial charge is 0.149 e. The van der Waals surface area contributed by atoms with Gasteiger partial charge in [0.1, 0.15) is 5.78 Å². The maximum atomic E-state index is 11.4. The fourth-order valence-corrected chi connectivity index (χ4v) is 1.17. The molecule has 12 heavy (non-hydrogen) atoms. The zero-order valence-electron chi connectivity index (χ0n) is 8.85. The monoisotopic (exact) mass is 171 g/mol. The van der Waals surface area contributed by atoms with Crippen LogP contribution in [0.3, 0.4) is 0 Å². The van der Waals surface area contributed by atoms with Gasteiger partial charge in [0.25, 0.3) is 0 Å². The molecule has 1 N–H and O–H groups in total. The lowest BCUT2D eigenvalue weighted by Gasteiger charge is -2.16. The van der Waals surface area contributed by atoms with E-state index < -0.39 is 0 Å². The Hall–Kier alpha value is -0.370. The highest BCUT2D eigenvalue weighted by atomic mass is 16.1. The molecular weight excluding hydrogens is 150 g/mol. The van der Waals surface area contributed by atoms with E-state index in [1.807, 2.05) is 6.92 Å². The number of carbonyl (C=O) groups is 1. The van der Waals surface area contributed by atoms with Gasteiger partial charge in [0.15, 0.2) is 0 Å². The van der Waals surface area contributed by atoms with Crippen LogP contribution in [0.15, 0.2) is 0 Å². The molecule has 0 heterocycles. The molecule has 0 bridgehead atoms. The van der Waals surface area contributed by atoms with E-state index in [2.05, 4.69) is 33.0 Å². The van der Waals surface area contributed by atoms with Crippen molar-refractivity contribution < 1.29 is 4.79 Å². The zero-order chi connectivity index (χ0) is 9.72. The van der Waals surface area contributed by atoms with E-state index in [1.54, 1.807) is 0 Å². The second-order valence-corrected chi connectivity index (χ2v) is 4.11. The van der Waals surface area contributed by atoms with Gasteiger partial charge in [0, 0.05) is 12.5 Å². The summed E-state index contributed by atoms with van der Waals surface area (Å²) in [5.41, 5.74) is 0. The molecule has 0 aliphatic rings. The predicted molar refractivity (Wildman–Crippen MR) is 52.2 cm³/mol. The van der Waals surface area contributed by atoms with E-state index in [9.17, 15) is 4.79 Å². The van der Waals surface area contributed by atoms with Crippen molar-refractivity contribution >= 4 is 5.78 Å². The van der Waals surface area contributed by atoms with Crippen molar-refractivity contribution in [1.82, 2.24) is 5.32 Å². The maximum absolute atomic E-state index is 11.4. The highest BCUT2D eigenvalue weighted by Gasteiger charge is 2.14. The topological polar surface area (TPSA) is 29.1 Å². The summed E-state index contributed by atoms with van der Waals surface area (Å²) in [5, 5.41) is 3.20. The SMILES string of the molecule is CC(C)CC(=O)C(C)NC(C)C. The zero-order valence-corrected chi connectivity index (χ0v) is 8.85. The van der Waals surface area contributed by atoms with E-state index >= 15 is 0 Å². The highest BCUT2D eigenvalue weighted by Crippen LogP contribution is 2.03. The molecule has 0 saturated heterocycles. The third kappa shape index (κ3) is 5.30. The maximum Gasteiger partial charge on any atom is 0.149 e. The first-order valence-corrected chi connectivity index (χ1v) is 4.72. The molecule has 0 spiro atoms. The average molecular weight is 171 g/mol. The molecule has 1 atom stereocenters. The second kappa shape index (κ2) is 5.31. The fourth-order valence-electron chi connectivity index (χ4n) is 1.17. The summed E-state index contributed by atoms with van der Waals surface area (Å²) in [6.45, 7) is 10.2. The van der Waals surface area contributed by atoms with Gasteiger partial charge >= 0.3 is 0 Å². The quantitative estimate of drug-likeness (QED) is 0.685. The lowest BCUT2D eigenvalue weighted by molar-refractivity contribution is -0.121. The second-order valence-electron chi connectivity index (χ2n) is 4.11. The van der Waals surface area contributed by atoms with Gasteiger partial charge in [-0.05, 0) is 12.8 Å². The molecule has 0 radical (unpaired) electrons.